The average Bonchev–Trinajstić information content (AvgIpc) is 3.82. The van der Waals surface area contributed by atoms with E-state index in [0.717, 1.165) is 11.2 Å². The lowest BCUT2D eigenvalue weighted by molar-refractivity contribution is 0.673. The molecule has 0 aliphatic rings. The molecule has 0 amide bonds. The quantitative estimate of drug-likeness (QED) is 0.167. The number of benzene rings is 10. The van der Waals surface area contributed by atoms with Gasteiger partial charge in [-0.25, -0.2) is 0 Å². The van der Waals surface area contributed by atoms with Crippen LogP contribution in [0.5, 0.6) is 0 Å². The van der Waals surface area contributed by atoms with E-state index in [-0.39, 0.29) is 0 Å². The van der Waals surface area contributed by atoms with Crippen molar-refractivity contribution in [2.45, 2.75) is 0 Å². The van der Waals surface area contributed by atoms with E-state index in [9.17, 15) is 0 Å². The summed E-state index contributed by atoms with van der Waals surface area (Å²) in [5.74, 6) is 0. The van der Waals surface area contributed by atoms with Crippen LogP contribution in [0.1, 0.15) is 0 Å². The third-order valence-electron chi connectivity index (χ3n) is 11.5. The van der Waals surface area contributed by atoms with Crippen LogP contribution >= 0.6 is 11.3 Å². The third-order valence-corrected chi connectivity index (χ3v) is 12.6. The molecule has 10 aromatic carbocycles. The van der Waals surface area contributed by atoms with Gasteiger partial charge in [0.15, 0.2) is 0 Å². The van der Waals surface area contributed by atoms with Crippen molar-refractivity contribution < 1.29 is 4.42 Å². The van der Waals surface area contributed by atoms with Crippen LogP contribution in [0, 0.1) is 0 Å². The molecule has 250 valence electrons. The topological polar surface area (TPSA) is 13.1 Å². The first-order chi connectivity index (χ1) is 26.8. The van der Waals surface area contributed by atoms with Crippen LogP contribution in [0.2, 0.25) is 0 Å². The normalized spacial score (nSPS) is 12.1. The van der Waals surface area contributed by atoms with Gasteiger partial charge in [-0.15, -0.1) is 11.3 Å². The first-order valence-corrected chi connectivity index (χ1v) is 19.3. The third kappa shape index (κ3) is 4.14. The Bertz CT molecular complexity index is 3440. The number of furan rings is 1. The lowest BCUT2D eigenvalue weighted by atomic mass is 9.84. The Morgan fingerprint density at radius 2 is 0.870 bits per heavy atom. The van der Waals surface area contributed by atoms with Gasteiger partial charge in [-0.2, -0.15) is 0 Å². The minimum Gasteiger partial charge on any atom is -0.455 e. The number of para-hydroxylation sites is 1. The van der Waals surface area contributed by atoms with Crippen LogP contribution in [0.15, 0.2) is 186 Å². The van der Waals surface area contributed by atoms with Crippen LogP contribution < -0.4 is 0 Å². The van der Waals surface area contributed by atoms with Crippen molar-refractivity contribution in [1.29, 1.82) is 0 Å². The summed E-state index contributed by atoms with van der Waals surface area (Å²) in [4.78, 5) is 0. The number of fused-ring (bicyclic) bond motifs is 13. The largest absolute Gasteiger partial charge is 0.455 e. The van der Waals surface area contributed by atoms with E-state index in [1.807, 2.05) is 11.3 Å². The van der Waals surface area contributed by atoms with Gasteiger partial charge in [0.05, 0.1) is 0 Å². The molecule has 0 radical (unpaired) electrons. The molecular formula is C52H30OS. The summed E-state index contributed by atoms with van der Waals surface area (Å²) < 4.78 is 9.17. The van der Waals surface area contributed by atoms with Crippen LogP contribution in [-0.4, -0.2) is 0 Å². The van der Waals surface area contributed by atoms with Crippen molar-refractivity contribution in [3.05, 3.63) is 182 Å². The molecule has 0 atom stereocenters. The van der Waals surface area contributed by atoms with Crippen molar-refractivity contribution in [3.8, 4) is 33.4 Å². The number of hydrogen-bond donors (Lipinski definition) is 0. The first-order valence-electron chi connectivity index (χ1n) is 18.5. The Hall–Kier alpha value is -6.74. The predicted molar refractivity (Wildman–Crippen MR) is 233 cm³/mol. The zero-order valence-electron chi connectivity index (χ0n) is 29.1. The van der Waals surface area contributed by atoms with Crippen molar-refractivity contribution >= 4 is 96.5 Å². The van der Waals surface area contributed by atoms with E-state index in [2.05, 4.69) is 182 Å². The van der Waals surface area contributed by atoms with Crippen molar-refractivity contribution in [2.24, 2.45) is 0 Å². The molecule has 2 aromatic heterocycles. The van der Waals surface area contributed by atoms with Crippen LogP contribution in [-0.2, 0) is 0 Å². The van der Waals surface area contributed by atoms with E-state index in [1.54, 1.807) is 0 Å². The highest BCUT2D eigenvalue weighted by atomic mass is 32.1. The van der Waals surface area contributed by atoms with Gasteiger partial charge in [0.1, 0.15) is 11.2 Å². The van der Waals surface area contributed by atoms with Crippen LogP contribution in [0.3, 0.4) is 0 Å². The summed E-state index contributed by atoms with van der Waals surface area (Å²) in [6.07, 6.45) is 0. The molecule has 0 unspecified atom stereocenters. The maximum absolute atomic E-state index is 6.57. The van der Waals surface area contributed by atoms with Gasteiger partial charge in [-0.05, 0) is 77.8 Å². The molecule has 0 aliphatic heterocycles. The molecule has 0 spiro atoms. The molecule has 2 heterocycles. The van der Waals surface area contributed by atoms with Crippen LogP contribution in [0.4, 0.5) is 0 Å². The van der Waals surface area contributed by atoms with E-state index in [0.29, 0.717) is 0 Å². The fourth-order valence-corrected chi connectivity index (χ4v) is 10.5. The second kappa shape index (κ2) is 11.4. The monoisotopic (exact) mass is 702 g/mol. The maximum Gasteiger partial charge on any atom is 0.143 e. The zero-order chi connectivity index (χ0) is 35.3. The Morgan fingerprint density at radius 1 is 0.333 bits per heavy atom. The van der Waals surface area contributed by atoms with Gasteiger partial charge >= 0.3 is 0 Å². The molecule has 54 heavy (non-hydrogen) atoms. The summed E-state index contributed by atoms with van der Waals surface area (Å²) in [6, 6.07) is 66.5. The Morgan fingerprint density at radius 3 is 1.57 bits per heavy atom. The second-order valence-corrected chi connectivity index (χ2v) is 15.3. The Balaban J connectivity index is 1.11. The van der Waals surface area contributed by atoms with E-state index >= 15 is 0 Å². The molecule has 0 aliphatic carbocycles. The van der Waals surface area contributed by atoms with Gasteiger partial charge in [0, 0.05) is 41.7 Å². The fourth-order valence-electron chi connectivity index (χ4n) is 9.17. The smallest absolute Gasteiger partial charge is 0.143 e. The van der Waals surface area contributed by atoms with Gasteiger partial charge < -0.3 is 4.42 Å². The summed E-state index contributed by atoms with van der Waals surface area (Å²) in [6.45, 7) is 0. The fraction of sp³-hybridized carbons (Fsp3) is 0. The minimum absolute atomic E-state index is 0.933. The summed E-state index contributed by atoms with van der Waals surface area (Å²) >= 11 is 1.89. The van der Waals surface area contributed by atoms with Crippen LogP contribution in [0.25, 0.3) is 119 Å². The van der Waals surface area contributed by atoms with Crippen molar-refractivity contribution in [3.63, 3.8) is 0 Å². The molecule has 0 saturated carbocycles. The molecule has 0 fully saturated rings. The standard InChI is InChI=1S/C52H30OS/c1-2-14-31(15-3-1)47-36-18-6-8-20-38(36)48(39-21-9-7-19-37(39)47)40-29-28-33(34-16-4-5-17-35(34)40)32-26-27-44-46(30-32)54-52-42-23-11-10-22-41(42)51-49(50(44)52)43-24-12-13-25-45(43)53-51/h1-30H. The zero-order valence-corrected chi connectivity index (χ0v) is 30.0. The lowest BCUT2D eigenvalue weighted by Gasteiger charge is -2.19. The van der Waals surface area contributed by atoms with Gasteiger partial charge in [-0.3, -0.25) is 0 Å². The first kappa shape index (κ1) is 29.8. The highest BCUT2D eigenvalue weighted by Gasteiger charge is 2.21. The number of rotatable bonds is 3. The SMILES string of the molecule is c1ccc(-c2c3ccccc3c(-c3ccc(-c4ccc5c(c4)sc4c6ccccc6c6oc7ccccc7c6c54)c4ccccc34)c3ccccc23)cc1. The summed E-state index contributed by atoms with van der Waals surface area (Å²) in [5.41, 5.74) is 9.44. The molecule has 12 rings (SSSR count). The molecule has 0 N–H and O–H groups in total. The predicted octanol–water partition coefficient (Wildman–Crippen LogP) is 15.6. The minimum atomic E-state index is 0.933. The lowest BCUT2D eigenvalue weighted by Crippen LogP contribution is -1.92. The highest BCUT2D eigenvalue weighted by molar-refractivity contribution is 7.27. The van der Waals surface area contributed by atoms with Crippen molar-refractivity contribution in [1.82, 2.24) is 0 Å². The summed E-state index contributed by atoms with van der Waals surface area (Å²) in [5, 5.41) is 15.0. The Kier molecular flexibility index (Phi) is 6.28. The van der Waals surface area contributed by atoms with E-state index in [4.69, 9.17) is 4.42 Å². The molecule has 0 saturated heterocycles. The van der Waals surface area contributed by atoms with E-state index < -0.39 is 0 Å². The number of hydrogen-bond acceptors (Lipinski definition) is 2. The summed E-state index contributed by atoms with van der Waals surface area (Å²) in [7, 11) is 0. The number of thiophene rings is 1. The second-order valence-electron chi connectivity index (χ2n) is 14.3. The van der Waals surface area contributed by atoms with E-state index in [1.165, 1.54) is 107 Å². The van der Waals surface area contributed by atoms with Gasteiger partial charge in [0.2, 0.25) is 0 Å². The molecule has 2 heteroatoms. The molecular weight excluding hydrogens is 673 g/mol. The molecule has 12 aromatic rings. The van der Waals surface area contributed by atoms with Gasteiger partial charge in [-0.1, -0.05) is 170 Å². The average molecular weight is 703 g/mol. The maximum atomic E-state index is 6.57. The van der Waals surface area contributed by atoms with Crippen molar-refractivity contribution in [2.75, 3.05) is 0 Å². The molecule has 1 nitrogen and oxygen atoms in total. The highest BCUT2D eigenvalue weighted by Crippen LogP contribution is 2.49. The van der Waals surface area contributed by atoms with Gasteiger partial charge in [0.25, 0.3) is 0 Å². The Labute approximate surface area is 314 Å². The molecule has 0 bridgehead atoms.